The van der Waals surface area contributed by atoms with Crippen LogP contribution in [0.3, 0.4) is 0 Å². The van der Waals surface area contributed by atoms with Crippen molar-refractivity contribution in [3.63, 3.8) is 0 Å². The van der Waals surface area contributed by atoms with E-state index < -0.39 is 26.4 Å². The Morgan fingerprint density at radius 1 is 1.21 bits per heavy atom. The molecule has 1 fully saturated rings. The molecule has 0 saturated carbocycles. The van der Waals surface area contributed by atoms with E-state index in [4.69, 9.17) is 0 Å². The van der Waals surface area contributed by atoms with E-state index in [1.54, 1.807) is 0 Å². The van der Waals surface area contributed by atoms with Crippen molar-refractivity contribution in [1.82, 2.24) is 5.32 Å². The molecule has 1 heterocycles. The summed E-state index contributed by atoms with van der Waals surface area (Å²) < 4.78 is 50.0. The normalized spacial score (nSPS) is 17.6. The van der Waals surface area contributed by atoms with Crippen LogP contribution in [0.4, 0.5) is 8.78 Å². The molecular formula is C13H17F2NO2S. The van der Waals surface area contributed by atoms with Crippen molar-refractivity contribution in [2.45, 2.75) is 24.2 Å². The quantitative estimate of drug-likeness (QED) is 0.924. The van der Waals surface area contributed by atoms with E-state index in [1.165, 1.54) is 0 Å². The molecule has 0 unspecified atom stereocenters. The molecule has 1 saturated heterocycles. The van der Waals surface area contributed by atoms with Crippen LogP contribution >= 0.6 is 0 Å². The van der Waals surface area contributed by atoms with Gasteiger partial charge in [-0.1, -0.05) is 0 Å². The number of nitrogens with one attached hydrogen (secondary N) is 1. The van der Waals surface area contributed by atoms with Gasteiger partial charge in [-0.3, -0.25) is 0 Å². The first-order valence-corrected chi connectivity index (χ1v) is 8.16. The fourth-order valence-corrected chi connectivity index (χ4v) is 3.33. The molecule has 0 amide bonds. The maximum absolute atomic E-state index is 13.7. The van der Waals surface area contributed by atoms with Gasteiger partial charge in [0.2, 0.25) is 0 Å². The molecule has 0 spiro atoms. The van der Waals surface area contributed by atoms with E-state index in [1.807, 2.05) is 0 Å². The van der Waals surface area contributed by atoms with E-state index in [9.17, 15) is 17.2 Å². The number of rotatable bonds is 3. The monoisotopic (exact) mass is 289 g/mol. The SMILES string of the molecule is CS(=O)(=O)c1c(F)cc(CC2CCNCC2)cc1F. The average Bonchev–Trinajstić information content (AvgIpc) is 2.27. The van der Waals surface area contributed by atoms with Crippen molar-refractivity contribution in [1.29, 1.82) is 0 Å². The number of benzene rings is 1. The largest absolute Gasteiger partial charge is 0.317 e. The molecule has 1 aliphatic rings. The third-order valence-electron chi connectivity index (χ3n) is 3.41. The van der Waals surface area contributed by atoms with Gasteiger partial charge in [0.05, 0.1) is 0 Å². The molecule has 1 aliphatic heterocycles. The Bertz CT molecular complexity index is 543. The summed E-state index contributed by atoms with van der Waals surface area (Å²) in [6.45, 7) is 1.83. The van der Waals surface area contributed by atoms with Crippen molar-refractivity contribution in [3.05, 3.63) is 29.3 Å². The van der Waals surface area contributed by atoms with Gasteiger partial charge < -0.3 is 5.32 Å². The molecule has 19 heavy (non-hydrogen) atoms. The fourth-order valence-electron chi connectivity index (χ4n) is 2.50. The van der Waals surface area contributed by atoms with Crippen LogP contribution in [-0.2, 0) is 16.3 Å². The van der Waals surface area contributed by atoms with Gasteiger partial charge in [0.25, 0.3) is 0 Å². The van der Waals surface area contributed by atoms with Gasteiger partial charge in [-0.15, -0.1) is 0 Å². The van der Waals surface area contributed by atoms with Crippen molar-refractivity contribution in [2.24, 2.45) is 5.92 Å². The van der Waals surface area contributed by atoms with Gasteiger partial charge in [0, 0.05) is 6.26 Å². The van der Waals surface area contributed by atoms with E-state index in [0.29, 0.717) is 17.9 Å². The second kappa shape index (κ2) is 5.54. The maximum Gasteiger partial charge on any atom is 0.181 e. The highest BCUT2D eigenvalue weighted by Gasteiger charge is 2.22. The Labute approximate surface area is 111 Å². The molecular weight excluding hydrogens is 272 g/mol. The van der Waals surface area contributed by atoms with Crippen LogP contribution in [0.2, 0.25) is 0 Å². The smallest absolute Gasteiger partial charge is 0.181 e. The van der Waals surface area contributed by atoms with Crippen LogP contribution in [0.1, 0.15) is 18.4 Å². The number of halogens is 2. The maximum atomic E-state index is 13.7. The molecule has 0 radical (unpaired) electrons. The Morgan fingerprint density at radius 2 is 1.74 bits per heavy atom. The molecule has 106 valence electrons. The zero-order chi connectivity index (χ0) is 14.0. The molecule has 2 rings (SSSR count). The predicted molar refractivity (Wildman–Crippen MR) is 68.8 cm³/mol. The van der Waals surface area contributed by atoms with E-state index in [0.717, 1.165) is 44.3 Å². The highest BCUT2D eigenvalue weighted by molar-refractivity contribution is 7.90. The molecule has 0 atom stereocenters. The van der Waals surface area contributed by atoms with Crippen LogP contribution in [0, 0.1) is 17.6 Å². The minimum atomic E-state index is -3.87. The summed E-state index contributed by atoms with van der Waals surface area (Å²) in [4.78, 5) is -0.832. The van der Waals surface area contributed by atoms with Crippen molar-refractivity contribution < 1.29 is 17.2 Å². The van der Waals surface area contributed by atoms with Crippen molar-refractivity contribution >= 4 is 9.84 Å². The number of piperidine rings is 1. The number of hydrogen-bond acceptors (Lipinski definition) is 3. The average molecular weight is 289 g/mol. The van der Waals surface area contributed by atoms with Gasteiger partial charge in [-0.2, -0.15) is 0 Å². The third kappa shape index (κ3) is 3.51. The zero-order valence-corrected chi connectivity index (χ0v) is 11.6. The Kier molecular flexibility index (Phi) is 4.20. The molecule has 1 aromatic rings. The molecule has 1 aromatic carbocycles. The van der Waals surface area contributed by atoms with Crippen molar-refractivity contribution in [3.8, 4) is 0 Å². The molecule has 3 nitrogen and oxygen atoms in total. The summed E-state index contributed by atoms with van der Waals surface area (Å²) in [5.41, 5.74) is 0.523. The van der Waals surface area contributed by atoms with Gasteiger partial charge >= 0.3 is 0 Å². The molecule has 0 aliphatic carbocycles. The fraction of sp³-hybridized carbons (Fsp3) is 0.538. The van der Waals surface area contributed by atoms with E-state index in [2.05, 4.69) is 5.32 Å². The highest BCUT2D eigenvalue weighted by Crippen LogP contribution is 2.24. The molecule has 6 heteroatoms. The van der Waals surface area contributed by atoms with Gasteiger partial charge in [-0.25, -0.2) is 17.2 Å². The van der Waals surface area contributed by atoms with Gasteiger partial charge in [0.15, 0.2) is 9.84 Å². The van der Waals surface area contributed by atoms with E-state index in [-0.39, 0.29) is 0 Å². The second-order valence-electron chi connectivity index (χ2n) is 5.06. The highest BCUT2D eigenvalue weighted by atomic mass is 32.2. The Hall–Kier alpha value is -1.01. The minimum Gasteiger partial charge on any atom is -0.317 e. The second-order valence-corrected chi connectivity index (χ2v) is 7.01. The zero-order valence-electron chi connectivity index (χ0n) is 10.7. The predicted octanol–water partition coefficient (Wildman–Crippen LogP) is 1.91. The standard InChI is InChI=1S/C13H17F2NO2S/c1-19(17,18)13-11(14)7-10(8-12(13)15)6-9-2-4-16-5-3-9/h7-9,16H,2-6H2,1H3. The lowest BCUT2D eigenvalue weighted by Gasteiger charge is -2.22. The Morgan fingerprint density at radius 3 is 2.21 bits per heavy atom. The van der Waals surface area contributed by atoms with E-state index >= 15 is 0 Å². The first kappa shape index (κ1) is 14.4. The lowest BCUT2D eigenvalue weighted by Crippen LogP contribution is -2.28. The minimum absolute atomic E-state index is 0.393. The molecule has 0 bridgehead atoms. The lowest BCUT2D eigenvalue weighted by atomic mass is 9.91. The summed E-state index contributed by atoms with van der Waals surface area (Å²) >= 11 is 0. The summed E-state index contributed by atoms with van der Waals surface area (Å²) in [5, 5.41) is 3.22. The summed E-state index contributed by atoms with van der Waals surface area (Å²) in [7, 11) is -3.87. The first-order chi connectivity index (χ1) is 8.88. The summed E-state index contributed by atoms with van der Waals surface area (Å²) in [6.07, 6.45) is 3.33. The Balaban J connectivity index is 2.24. The third-order valence-corrected chi connectivity index (χ3v) is 4.54. The first-order valence-electron chi connectivity index (χ1n) is 6.26. The van der Waals surface area contributed by atoms with Gasteiger partial charge in [0.1, 0.15) is 16.5 Å². The summed E-state index contributed by atoms with van der Waals surface area (Å²) in [6, 6.07) is 2.28. The summed E-state index contributed by atoms with van der Waals surface area (Å²) in [5.74, 6) is -1.60. The van der Waals surface area contributed by atoms with Crippen LogP contribution in [-0.4, -0.2) is 27.8 Å². The molecule has 0 aromatic heterocycles. The number of hydrogen-bond donors (Lipinski definition) is 1. The van der Waals surface area contributed by atoms with Crippen LogP contribution < -0.4 is 5.32 Å². The van der Waals surface area contributed by atoms with Crippen LogP contribution in [0.15, 0.2) is 17.0 Å². The van der Waals surface area contributed by atoms with Crippen LogP contribution in [0.5, 0.6) is 0 Å². The van der Waals surface area contributed by atoms with Crippen LogP contribution in [0.25, 0.3) is 0 Å². The topological polar surface area (TPSA) is 46.2 Å². The number of sulfone groups is 1. The molecule has 1 N–H and O–H groups in total. The van der Waals surface area contributed by atoms with Crippen molar-refractivity contribution in [2.75, 3.05) is 19.3 Å². The lowest BCUT2D eigenvalue weighted by molar-refractivity contribution is 0.371. The van der Waals surface area contributed by atoms with Gasteiger partial charge in [-0.05, 0) is 56.0 Å².